The molecular weight excluding hydrogens is 314 g/mol. The second-order valence-corrected chi connectivity index (χ2v) is 5.55. The van der Waals surface area contributed by atoms with E-state index in [9.17, 15) is 5.26 Å². The van der Waals surface area contributed by atoms with E-state index in [0.717, 1.165) is 18.7 Å². The van der Waals surface area contributed by atoms with E-state index >= 15 is 0 Å². The first kappa shape index (κ1) is 15.5. The Labute approximate surface area is 139 Å². The van der Waals surface area contributed by atoms with Crippen molar-refractivity contribution in [2.75, 3.05) is 36.5 Å². The number of morpholine rings is 1. The monoisotopic (exact) mass is 329 g/mol. The van der Waals surface area contributed by atoms with Crippen LogP contribution >= 0.6 is 11.6 Å². The molecular formula is C16H16ClN5O. The van der Waals surface area contributed by atoms with Crippen LogP contribution in [0.25, 0.3) is 0 Å². The number of hydrogen-bond donors (Lipinski definition) is 1. The topological polar surface area (TPSA) is 74.1 Å². The summed E-state index contributed by atoms with van der Waals surface area (Å²) in [5.41, 5.74) is 1.48. The Morgan fingerprint density at radius 2 is 2.13 bits per heavy atom. The molecule has 1 N–H and O–H groups in total. The van der Waals surface area contributed by atoms with E-state index in [1.54, 1.807) is 0 Å². The van der Waals surface area contributed by atoms with Gasteiger partial charge in [-0.05, 0) is 17.7 Å². The highest BCUT2D eigenvalue weighted by atomic mass is 35.5. The zero-order valence-corrected chi connectivity index (χ0v) is 13.3. The first-order valence-electron chi connectivity index (χ1n) is 7.34. The lowest BCUT2D eigenvalue weighted by atomic mass is 10.2. The zero-order valence-electron chi connectivity index (χ0n) is 12.5. The quantitative estimate of drug-likeness (QED) is 0.928. The molecule has 1 aliphatic heterocycles. The molecule has 0 amide bonds. The van der Waals surface area contributed by atoms with Crippen LogP contribution in [0.3, 0.4) is 0 Å². The van der Waals surface area contributed by atoms with Gasteiger partial charge in [0, 0.05) is 24.7 Å². The predicted octanol–water partition coefficient (Wildman–Crippen LogP) is 2.45. The fourth-order valence-corrected chi connectivity index (χ4v) is 2.67. The highest BCUT2D eigenvalue weighted by molar-refractivity contribution is 6.30. The largest absolute Gasteiger partial charge is 0.378 e. The van der Waals surface area contributed by atoms with Gasteiger partial charge < -0.3 is 15.0 Å². The van der Waals surface area contributed by atoms with Crippen molar-refractivity contribution in [3.63, 3.8) is 0 Å². The number of nitrogens with one attached hydrogen (secondary N) is 1. The van der Waals surface area contributed by atoms with Gasteiger partial charge in [-0.1, -0.05) is 23.7 Å². The summed E-state index contributed by atoms with van der Waals surface area (Å²) < 4.78 is 5.35. The van der Waals surface area contributed by atoms with E-state index in [0.29, 0.717) is 42.0 Å². The Morgan fingerprint density at radius 1 is 1.30 bits per heavy atom. The molecule has 1 fully saturated rings. The Hall–Kier alpha value is -2.36. The van der Waals surface area contributed by atoms with E-state index in [1.807, 2.05) is 29.2 Å². The second-order valence-electron chi connectivity index (χ2n) is 5.12. The molecule has 7 heteroatoms. The number of anilines is 2. The molecule has 1 saturated heterocycles. The number of ether oxygens (including phenoxy) is 1. The van der Waals surface area contributed by atoms with E-state index in [1.165, 1.54) is 6.33 Å². The average molecular weight is 330 g/mol. The van der Waals surface area contributed by atoms with E-state index in [4.69, 9.17) is 16.3 Å². The Kier molecular flexibility index (Phi) is 4.91. The van der Waals surface area contributed by atoms with Gasteiger partial charge in [0.25, 0.3) is 0 Å². The minimum atomic E-state index is 0.455. The number of nitriles is 1. The molecule has 0 atom stereocenters. The maximum atomic E-state index is 9.52. The Bertz CT molecular complexity index is 725. The van der Waals surface area contributed by atoms with E-state index < -0.39 is 0 Å². The Morgan fingerprint density at radius 3 is 2.87 bits per heavy atom. The molecule has 0 saturated carbocycles. The highest BCUT2D eigenvalue weighted by Crippen LogP contribution is 2.23. The van der Waals surface area contributed by atoms with Crippen molar-refractivity contribution < 1.29 is 4.74 Å². The van der Waals surface area contributed by atoms with Crippen molar-refractivity contribution in [3.8, 4) is 6.07 Å². The first-order valence-corrected chi connectivity index (χ1v) is 7.72. The molecule has 23 heavy (non-hydrogen) atoms. The lowest BCUT2D eigenvalue weighted by molar-refractivity contribution is 0.122. The fraction of sp³-hybridized carbons (Fsp3) is 0.312. The summed E-state index contributed by atoms with van der Waals surface area (Å²) in [5.74, 6) is 1.18. The number of halogens is 1. The number of benzene rings is 1. The number of aromatic nitrogens is 2. The SMILES string of the molecule is N#Cc1c(NCc2cccc(Cl)c2)ncnc1N1CCOCC1. The zero-order chi connectivity index (χ0) is 16.1. The molecule has 0 aliphatic carbocycles. The minimum Gasteiger partial charge on any atom is -0.378 e. The second kappa shape index (κ2) is 7.27. The third-order valence-electron chi connectivity index (χ3n) is 3.60. The van der Waals surface area contributed by atoms with Gasteiger partial charge in [-0.25, -0.2) is 9.97 Å². The van der Waals surface area contributed by atoms with Gasteiger partial charge in [0.15, 0.2) is 5.82 Å². The van der Waals surface area contributed by atoms with Crippen LogP contribution in [-0.4, -0.2) is 36.3 Å². The molecule has 6 nitrogen and oxygen atoms in total. The van der Waals surface area contributed by atoms with Gasteiger partial charge in [0.05, 0.1) is 13.2 Å². The molecule has 2 heterocycles. The van der Waals surface area contributed by atoms with Crippen LogP contribution in [0.15, 0.2) is 30.6 Å². The van der Waals surface area contributed by atoms with Crippen molar-refractivity contribution in [2.45, 2.75) is 6.54 Å². The molecule has 2 aromatic rings. The number of hydrogen-bond acceptors (Lipinski definition) is 6. The molecule has 3 rings (SSSR count). The van der Waals surface area contributed by atoms with Crippen molar-refractivity contribution in [1.82, 2.24) is 9.97 Å². The van der Waals surface area contributed by atoms with Crippen LogP contribution in [-0.2, 0) is 11.3 Å². The molecule has 1 aliphatic rings. The van der Waals surface area contributed by atoms with Gasteiger partial charge >= 0.3 is 0 Å². The average Bonchev–Trinajstić information content (AvgIpc) is 2.60. The normalized spacial score (nSPS) is 14.3. The molecule has 1 aromatic carbocycles. The van der Waals surface area contributed by atoms with E-state index in [-0.39, 0.29) is 0 Å². The summed E-state index contributed by atoms with van der Waals surface area (Å²) in [6.45, 7) is 3.26. The van der Waals surface area contributed by atoms with Crippen molar-refractivity contribution >= 4 is 23.2 Å². The minimum absolute atomic E-state index is 0.455. The third-order valence-corrected chi connectivity index (χ3v) is 3.83. The van der Waals surface area contributed by atoms with E-state index in [2.05, 4.69) is 21.4 Å². The molecule has 0 radical (unpaired) electrons. The molecule has 118 valence electrons. The van der Waals surface area contributed by atoms with Crippen molar-refractivity contribution in [3.05, 3.63) is 46.7 Å². The van der Waals surface area contributed by atoms with Crippen LogP contribution in [0.2, 0.25) is 5.02 Å². The fourth-order valence-electron chi connectivity index (χ4n) is 2.46. The van der Waals surface area contributed by atoms with Gasteiger partial charge in [-0.2, -0.15) is 5.26 Å². The summed E-state index contributed by atoms with van der Waals surface area (Å²) in [4.78, 5) is 10.5. The maximum absolute atomic E-state index is 9.52. The van der Waals surface area contributed by atoms with Gasteiger partial charge in [-0.3, -0.25) is 0 Å². The summed E-state index contributed by atoms with van der Waals surface area (Å²) in [5, 5.41) is 13.4. The molecule has 0 unspecified atom stereocenters. The molecule has 0 spiro atoms. The van der Waals surface area contributed by atoms with Crippen LogP contribution in [0.5, 0.6) is 0 Å². The lowest BCUT2D eigenvalue weighted by Crippen LogP contribution is -2.37. The van der Waals surface area contributed by atoms with Crippen LogP contribution < -0.4 is 10.2 Å². The molecule has 1 aromatic heterocycles. The summed E-state index contributed by atoms with van der Waals surface area (Å²) >= 11 is 5.99. The maximum Gasteiger partial charge on any atom is 0.152 e. The highest BCUT2D eigenvalue weighted by Gasteiger charge is 2.19. The van der Waals surface area contributed by atoms with Crippen molar-refractivity contribution in [2.24, 2.45) is 0 Å². The van der Waals surface area contributed by atoms with Gasteiger partial charge in [0.2, 0.25) is 0 Å². The smallest absolute Gasteiger partial charge is 0.152 e. The third kappa shape index (κ3) is 3.70. The van der Waals surface area contributed by atoms with Crippen LogP contribution in [0, 0.1) is 11.3 Å². The van der Waals surface area contributed by atoms with Crippen LogP contribution in [0.1, 0.15) is 11.1 Å². The van der Waals surface area contributed by atoms with Gasteiger partial charge in [0.1, 0.15) is 23.8 Å². The van der Waals surface area contributed by atoms with Crippen molar-refractivity contribution in [1.29, 1.82) is 5.26 Å². The summed E-state index contributed by atoms with van der Waals surface area (Å²) in [6, 6.07) is 9.78. The summed E-state index contributed by atoms with van der Waals surface area (Å²) in [7, 11) is 0. The standard InChI is InChI=1S/C16H16ClN5O/c17-13-3-1-2-12(8-13)10-19-15-14(9-18)16(21-11-20-15)22-4-6-23-7-5-22/h1-3,8,11H,4-7,10H2,(H,19,20,21). The number of nitrogens with zero attached hydrogens (tertiary/aromatic N) is 4. The summed E-state index contributed by atoms with van der Waals surface area (Å²) in [6.07, 6.45) is 1.48. The van der Waals surface area contributed by atoms with Gasteiger partial charge in [-0.15, -0.1) is 0 Å². The predicted molar refractivity (Wildman–Crippen MR) is 88.6 cm³/mol. The van der Waals surface area contributed by atoms with Crippen LogP contribution in [0.4, 0.5) is 11.6 Å². The number of rotatable bonds is 4. The molecule has 0 bridgehead atoms. The lowest BCUT2D eigenvalue weighted by Gasteiger charge is -2.28. The first-order chi connectivity index (χ1) is 11.3. The Balaban J connectivity index is 1.80.